The molecule has 0 unspecified atom stereocenters. The highest BCUT2D eigenvalue weighted by Gasteiger charge is 2.21. The average molecular weight is 504 g/mol. The van der Waals surface area contributed by atoms with Crippen LogP contribution in [0.2, 0.25) is 0 Å². The molecular formula is C23H25N3O6S2. The molecule has 0 heterocycles. The fourth-order valence-corrected chi connectivity index (χ4v) is 5.26. The standard InChI is InChI=1S/C23H25N3O6S2/c1-4-24-23(27)21-15-20(12-13-22(21)32-3)34(30,31)25-17-8-10-19(11-9-17)33(28,29)26-18-7-5-6-16(2)14-18/h5-15,25-26H,4H2,1-3H3,(H,24,27). The highest BCUT2D eigenvalue weighted by molar-refractivity contribution is 7.93. The molecular weight excluding hydrogens is 478 g/mol. The highest BCUT2D eigenvalue weighted by atomic mass is 32.2. The number of sulfonamides is 2. The number of benzene rings is 3. The summed E-state index contributed by atoms with van der Waals surface area (Å²) in [4.78, 5) is 12.1. The molecule has 0 saturated heterocycles. The minimum atomic E-state index is -4.06. The van der Waals surface area contributed by atoms with Crippen molar-refractivity contribution >= 4 is 37.3 Å². The maximum absolute atomic E-state index is 12.9. The van der Waals surface area contributed by atoms with Gasteiger partial charge in [0.1, 0.15) is 5.75 Å². The number of methoxy groups -OCH3 is 1. The number of anilines is 2. The van der Waals surface area contributed by atoms with Crippen LogP contribution in [0.25, 0.3) is 0 Å². The summed E-state index contributed by atoms with van der Waals surface area (Å²) >= 11 is 0. The van der Waals surface area contributed by atoms with Crippen molar-refractivity contribution in [2.45, 2.75) is 23.6 Å². The van der Waals surface area contributed by atoms with Crippen LogP contribution in [-0.4, -0.2) is 36.4 Å². The van der Waals surface area contributed by atoms with Crippen molar-refractivity contribution in [2.75, 3.05) is 23.1 Å². The maximum atomic E-state index is 12.9. The molecule has 3 rings (SSSR count). The Balaban J connectivity index is 1.82. The SMILES string of the molecule is CCNC(=O)c1cc(S(=O)(=O)Nc2ccc(S(=O)(=O)Nc3cccc(C)c3)cc2)ccc1OC. The number of carbonyl (C=O) groups excluding carboxylic acids is 1. The molecule has 0 fully saturated rings. The molecule has 34 heavy (non-hydrogen) atoms. The normalized spacial score (nSPS) is 11.5. The van der Waals surface area contributed by atoms with Crippen LogP contribution >= 0.6 is 0 Å². The number of aryl methyl sites for hydroxylation is 1. The van der Waals surface area contributed by atoms with Gasteiger partial charge in [-0.2, -0.15) is 0 Å². The van der Waals surface area contributed by atoms with Gasteiger partial charge in [0.2, 0.25) is 0 Å². The minimum absolute atomic E-state index is 0.0278. The van der Waals surface area contributed by atoms with Crippen LogP contribution in [0.5, 0.6) is 5.75 Å². The third-order valence-electron chi connectivity index (χ3n) is 4.75. The second-order valence-corrected chi connectivity index (χ2v) is 10.7. The lowest BCUT2D eigenvalue weighted by Crippen LogP contribution is -2.24. The lowest BCUT2D eigenvalue weighted by atomic mass is 10.2. The van der Waals surface area contributed by atoms with Crippen molar-refractivity contribution in [3.63, 3.8) is 0 Å². The highest BCUT2D eigenvalue weighted by Crippen LogP contribution is 2.25. The zero-order valence-electron chi connectivity index (χ0n) is 18.8. The van der Waals surface area contributed by atoms with E-state index in [1.807, 2.05) is 13.0 Å². The molecule has 0 spiro atoms. The van der Waals surface area contributed by atoms with E-state index in [-0.39, 0.29) is 26.8 Å². The van der Waals surface area contributed by atoms with Crippen LogP contribution < -0.4 is 19.5 Å². The molecule has 1 amide bonds. The Labute approximate surface area is 199 Å². The number of ether oxygens (including phenoxy) is 1. The maximum Gasteiger partial charge on any atom is 0.261 e. The molecule has 0 bridgehead atoms. The molecule has 0 aliphatic rings. The van der Waals surface area contributed by atoms with Gasteiger partial charge in [-0.25, -0.2) is 16.8 Å². The monoisotopic (exact) mass is 503 g/mol. The Bertz CT molecular complexity index is 1400. The lowest BCUT2D eigenvalue weighted by molar-refractivity contribution is 0.0952. The first-order chi connectivity index (χ1) is 16.1. The summed E-state index contributed by atoms with van der Waals surface area (Å²) in [6, 6.07) is 16.1. The summed E-state index contributed by atoms with van der Waals surface area (Å²) < 4.78 is 61.1. The van der Waals surface area contributed by atoms with Gasteiger partial charge in [0.25, 0.3) is 26.0 Å². The third-order valence-corrected chi connectivity index (χ3v) is 7.53. The molecule has 180 valence electrons. The van der Waals surface area contributed by atoms with E-state index in [4.69, 9.17) is 4.74 Å². The molecule has 0 saturated carbocycles. The van der Waals surface area contributed by atoms with Gasteiger partial charge in [0, 0.05) is 17.9 Å². The van der Waals surface area contributed by atoms with E-state index in [1.54, 1.807) is 25.1 Å². The molecule has 0 aliphatic heterocycles. The van der Waals surface area contributed by atoms with E-state index in [2.05, 4.69) is 14.8 Å². The Morgan fingerprint density at radius 2 is 1.44 bits per heavy atom. The second-order valence-electron chi connectivity index (χ2n) is 7.33. The van der Waals surface area contributed by atoms with Gasteiger partial charge < -0.3 is 10.1 Å². The van der Waals surface area contributed by atoms with Gasteiger partial charge >= 0.3 is 0 Å². The van der Waals surface area contributed by atoms with Gasteiger partial charge in [0.05, 0.1) is 22.5 Å². The number of amides is 1. The van der Waals surface area contributed by atoms with Gasteiger partial charge in [-0.15, -0.1) is 0 Å². The molecule has 3 aromatic carbocycles. The first-order valence-corrected chi connectivity index (χ1v) is 13.2. The minimum Gasteiger partial charge on any atom is -0.496 e. The van der Waals surface area contributed by atoms with Crippen molar-refractivity contribution < 1.29 is 26.4 Å². The Hall–Kier alpha value is -3.57. The van der Waals surface area contributed by atoms with Crippen molar-refractivity contribution in [1.82, 2.24) is 5.32 Å². The summed E-state index contributed by atoms with van der Waals surface area (Å²) in [6.07, 6.45) is 0. The van der Waals surface area contributed by atoms with Crippen LogP contribution in [0.3, 0.4) is 0 Å². The van der Waals surface area contributed by atoms with E-state index in [0.717, 1.165) is 5.56 Å². The largest absolute Gasteiger partial charge is 0.496 e. The molecule has 0 radical (unpaired) electrons. The first-order valence-electron chi connectivity index (χ1n) is 10.2. The van der Waals surface area contributed by atoms with Crippen molar-refractivity contribution in [3.05, 3.63) is 77.9 Å². The molecule has 11 heteroatoms. The summed E-state index contributed by atoms with van der Waals surface area (Å²) in [7, 11) is -6.54. The summed E-state index contributed by atoms with van der Waals surface area (Å²) in [6.45, 7) is 3.96. The average Bonchev–Trinajstić information content (AvgIpc) is 2.78. The number of nitrogens with one attached hydrogen (secondary N) is 3. The van der Waals surface area contributed by atoms with Crippen molar-refractivity contribution in [1.29, 1.82) is 0 Å². The predicted octanol–water partition coefficient (Wildman–Crippen LogP) is 3.35. The van der Waals surface area contributed by atoms with E-state index in [1.165, 1.54) is 49.6 Å². The fourth-order valence-electron chi connectivity index (χ4n) is 3.13. The van der Waals surface area contributed by atoms with Gasteiger partial charge in [-0.05, 0) is 74.0 Å². The zero-order valence-corrected chi connectivity index (χ0v) is 20.5. The second kappa shape index (κ2) is 10.1. The summed E-state index contributed by atoms with van der Waals surface area (Å²) in [5.74, 6) is -0.229. The van der Waals surface area contributed by atoms with Crippen LogP contribution in [0.4, 0.5) is 11.4 Å². The Kier molecular flexibility index (Phi) is 7.48. The topological polar surface area (TPSA) is 131 Å². The van der Waals surface area contributed by atoms with Gasteiger partial charge in [-0.3, -0.25) is 14.2 Å². The number of rotatable bonds is 9. The Morgan fingerprint density at radius 3 is 2.06 bits per heavy atom. The Morgan fingerprint density at radius 1 is 0.824 bits per heavy atom. The summed E-state index contributed by atoms with van der Waals surface area (Å²) in [5.41, 5.74) is 1.56. The third kappa shape index (κ3) is 5.86. The van der Waals surface area contributed by atoms with Crippen LogP contribution in [0.1, 0.15) is 22.8 Å². The first kappa shape index (κ1) is 25.1. The van der Waals surface area contributed by atoms with Crippen LogP contribution in [0, 0.1) is 6.92 Å². The lowest BCUT2D eigenvalue weighted by Gasteiger charge is -2.13. The quantitative estimate of drug-likeness (QED) is 0.410. The molecule has 0 atom stereocenters. The molecule has 9 nitrogen and oxygen atoms in total. The van der Waals surface area contributed by atoms with Gasteiger partial charge in [0.15, 0.2) is 0 Å². The summed E-state index contributed by atoms with van der Waals surface area (Å²) in [5, 5.41) is 2.61. The zero-order chi connectivity index (χ0) is 24.9. The molecule has 3 aromatic rings. The molecule has 0 aliphatic carbocycles. The van der Waals surface area contributed by atoms with Crippen molar-refractivity contribution in [2.24, 2.45) is 0 Å². The van der Waals surface area contributed by atoms with E-state index < -0.39 is 26.0 Å². The molecule has 0 aromatic heterocycles. The number of carbonyl (C=O) groups is 1. The van der Waals surface area contributed by atoms with Crippen LogP contribution in [0.15, 0.2) is 76.5 Å². The van der Waals surface area contributed by atoms with E-state index >= 15 is 0 Å². The molecule has 3 N–H and O–H groups in total. The number of hydrogen-bond acceptors (Lipinski definition) is 6. The fraction of sp³-hybridized carbons (Fsp3) is 0.174. The van der Waals surface area contributed by atoms with E-state index in [0.29, 0.717) is 12.2 Å². The van der Waals surface area contributed by atoms with Crippen molar-refractivity contribution in [3.8, 4) is 5.75 Å². The predicted molar refractivity (Wildman–Crippen MR) is 130 cm³/mol. The van der Waals surface area contributed by atoms with E-state index in [9.17, 15) is 21.6 Å². The smallest absolute Gasteiger partial charge is 0.261 e. The van der Waals surface area contributed by atoms with Gasteiger partial charge in [-0.1, -0.05) is 12.1 Å². The van der Waals surface area contributed by atoms with Crippen LogP contribution in [-0.2, 0) is 20.0 Å². The number of hydrogen-bond donors (Lipinski definition) is 3.